The fourth-order valence-corrected chi connectivity index (χ4v) is 2.73. The van der Waals surface area contributed by atoms with E-state index in [9.17, 15) is 14.0 Å². The average Bonchev–Trinajstić information content (AvgIpc) is 2.73. The summed E-state index contributed by atoms with van der Waals surface area (Å²) >= 11 is 5.94. The number of ketones is 1. The molecular formula is C23H16ClFO4. The molecule has 0 fully saturated rings. The van der Waals surface area contributed by atoms with Crippen LogP contribution in [-0.4, -0.2) is 18.9 Å². The Balaban J connectivity index is 1.66. The molecule has 0 aliphatic rings. The van der Waals surface area contributed by atoms with E-state index in [0.717, 1.165) is 0 Å². The molecule has 3 rings (SSSR count). The van der Waals surface area contributed by atoms with E-state index in [1.807, 2.05) is 0 Å². The third-order valence-electron chi connectivity index (χ3n) is 4.08. The lowest BCUT2D eigenvalue weighted by Crippen LogP contribution is -2.08. The Morgan fingerprint density at radius 3 is 2.14 bits per heavy atom. The number of benzene rings is 3. The molecule has 0 spiro atoms. The Bertz CT molecular complexity index is 1040. The zero-order valence-electron chi connectivity index (χ0n) is 15.4. The smallest absolute Gasteiger partial charge is 0.343 e. The first-order valence-electron chi connectivity index (χ1n) is 8.60. The van der Waals surface area contributed by atoms with Crippen LogP contribution in [-0.2, 0) is 0 Å². The normalized spacial score (nSPS) is 10.7. The highest BCUT2D eigenvalue weighted by molar-refractivity contribution is 6.32. The molecule has 0 bridgehead atoms. The molecule has 146 valence electrons. The van der Waals surface area contributed by atoms with Crippen LogP contribution in [0.15, 0.2) is 72.8 Å². The lowest BCUT2D eigenvalue weighted by atomic mass is 10.1. The van der Waals surface area contributed by atoms with E-state index >= 15 is 0 Å². The van der Waals surface area contributed by atoms with Gasteiger partial charge in [0, 0.05) is 11.1 Å². The summed E-state index contributed by atoms with van der Waals surface area (Å²) in [7, 11) is 1.54. The van der Waals surface area contributed by atoms with Gasteiger partial charge in [-0.15, -0.1) is 0 Å². The molecule has 4 nitrogen and oxygen atoms in total. The van der Waals surface area contributed by atoms with E-state index in [0.29, 0.717) is 22.6 Å². The van der Waals surface area contributed by atoms with Gasteiger partial charge >= 0.3 is 5.97 Å². The van der Waals surface area contributed by atoms with Crippen molar-refractivity contribution in [2.75, 3.05) is 7.11 Å². The number of esters is 1. The first kappa shape index (κ1) is 20.3. The zero-order chi connectivity index (χ0) is 20.8. The van der Waals surface area contributed by atoms with Gasteiger partial charge in [-0.05, 0) is 72.8 Å². The first-order valence-corrected chi connectivity index (χ1v) is 8.98. The maximum atomic E-state index is 13.8. The van der Waals surface area contributed by atoms with E-state index < -0.39 is 11.8 Å². The summed E-state index contributed by atoms with van der Waals surface area (Å²) in [5.41, 5.74) is 0.876. The molecule has 0 radical (unpaired) electrons. The first-order chi connectivity index (χ1) is 14.0. The second-order valence-corrected chi connectivity index (χ2v) is 6.38. The second kappa shape index (κ2) is 9.17. The van der Waals surface area contributed by atoms with Gasteiger partial charge in [0.15, 0.2) is 5.78 Å². The van der Waals surface area contributed by atoms with Gasteiger partial charge in [-0.3, -0.25) is 4.79 Å². The summed E-state index contributed by atoms with van der Waals surface area (Å²) in [6.45, 7) is 0. The van der Waals surface area contributed by atoms with E-state index in [2.05, 4.69) is 0 Å². The molecule has 6 heteroatoms. The fourth-order valence-electron chi connectivity index (χ4n) is 2.51. The van der Waals surface area contributed by atoms with E-state index in [4.69, 9.17) is 21.1 Å². The number of ether oxygens (including phenoxy) is 2. The third kappa shape index (κ3) is 5.09. The summed E-state index contributed by atoms with van der Waals surface area (Å²) in [5.74, 6) is -0.446. The number of methoxy groups -OCH3 is 1. The monoisotopic (exact) mass is 410 g/mol. The van der Waals surface area contributed by atoms with Crippen LogP contribution in [0.25, 0.3) is 6.08 Å². The fraction of sp³-hybridized carbons (Fsp3) is 0.0435. The largest absolute Gasteiger partial charge is 0.497 e. The Morgan fingerprint density at radius 1 is 0.897 bits per heavy atom. The van der Waals surface area contributed by atoms with E-state index in [-0.39, 0.29) is 16.4 Å². The maximum absolute atomic E-state index is 13.8. The molecule has 3 aromatic rings. The third-order valence-corrected chi connectivity index (χ3v) is 4.41. The molecule has 0 saturated carbocycles. The quantitative estimate of drug-likeness (QED) is 0.229. The molecule has 0 unspecified atom stereocenters. The van der Waals surface area contributed by atoms with Gasteiger partial charge < -0.3 is 9.47 Å². The molecule has 0 aliphatic heterocycles. The number of halogens is 2. The van der Waals surface area contributed by atoms with Crippen molar-refractivity contribution >= 4 is 29.4 Å². The van der Waals surface area contributed by atoms with Gasteiger partial charge in [0.1, 0.15) is 17.3 Å². The van der Waals surface area contributed by atoms with Gasteiger partial charge in [-0.1, -0.05) is 17.7 Å². The van der Waals surface area contributed by atoms with Crippen molar-refractivity contribution in [3.63, 3.8) is 0 Å². The molecular weight excluding hydrogens is 395 g/mol. The van der Waals surface area contributed by atoms with Crippen molar-refractivity contribution in [2.24, 2.45) is 0 Å². The minimum Gasteiger partial charge on any atom is -0.497 e. The van der Waals surface area contributed by atoms with Gasteiger partial charge in [-0.2, -0.15) is 0 Å². The van der Waals surface area contributed by atoms with Crippen LogP contribution in [0.2, 0.25) is 5.02 Å². The van der Waals surface area contributed by atoms with Crippen LogP contribution >= 0.6 is 11.6 Å². The van der Waals surface area contributed by atoms with Crippen molar-refractivity contribution < 1.29 is 23.5 Å². The van der Waals surface area contributed by atoms with Gasteiger partial charge in [0.05, 0.1) is 17.7 Å². The number of carbonyl (C=O) groups is 2. The number of hydrogen-bond donors (Lipinski definition) is 0. The van der Waals surface area contributed by atoms with Crippen LogP contribution in [0.1, 0.15) is 26.3 Å². The molecule has 0 atom stereocenters. The minimum absolute atomic E-state index is 0.146. The van der Waals surface area contributed by atoms with Gasteiger partial charge in [0.25, 0.3) is 0 Å². The molecule has 0 heterocycles. The summed E-state index contributed by atoms with van der Waals surface area (Å²) in [4.78, 5) is 24.5. The summed E-state index contributed by atoms with van der Waals surface area (Å²) in [5, 5.41) is 0.217. The molecule has 0 aromatic heterocycles. The van der Waals surface area contributed by atoms with Crippen molar-refractivity contribution in [1.29, 1.82) is 0 Å². The molecule has 29 heavy (non-hydrogen) atoms. The Labute approximate surface area is 172 Å². The maximum Gasteiger partial charge on any atom is 0.343 e. The molecule has 0 amide bonds. The van der Waals surface area contributed by atoms with E-state index in [1.54, 1.807) is 30.3 Å². The lowest BCUT2D eigenvalue weighted by molar-refractivity contribution is 0.0734. The van der Waals surface area contributed by atoms with Crippen LogP contribution in [0.4, 0.5) is 4.39 Å². The van der Waals surface area contributed by atoms with Crippen LogP contribution in [0.5, 0.6) is 11.5 Å². The number of rotatable bonds is 6. The molecule has 0 N–H and O–H groups in total. The van der Waals surface area contributed by atoms with Gasteiger partial charge in [0.2, 0.25) is 0 Å². The second-order valence-electron chi connectivity index (χ2n) is 5.98. The Kier molecular flexibility index (Phi) is 6.42. The summed E-state index contributed by atoms with van der Waals surface area (Å²) in [6, 6.07) is 16.9. The number of allylic oxidation sites excluding steroid dienone is 1. The van der Waals surface area contributed by atoms with Crippen molar-refractivity contribution in [3.8, 4) is 11.5 Å². The van der Waals surface area contributed by atoms with Crippen LogP contribution < -0.4 is 9.47 Å². The van der Waals surface area contributed by atoms with E-state index in [1.165, 1.54) is 55.7 Å². The van der Waals surface area contributed by atoms with Gasteiger partial charge in [-0.25, -0.2) is 9.18 Å². The van der Waals surface area contributed by atoms with Crippen molar-refractivity contribution in [3.05, 3.63) is 100 Å². The SMILES string of the molecule is COc1ccc(C(=O)Oc2ccc(C(=O)C=Cc3c(F)cccc3Cl)cc2)cc1. The predicted octanol–water partition coefficient (Wildman–Crippen LogP) is 5.60. The standard InChI is InChI=1S/C23H16ClFO4/c1-28-17-9-7-16(8-10-17)23(27)29-18-11-5-15(6-12-18)22(26)14-13-19-20(24)3-2-4-21(19)25/h2-14H,1H3. The predicted molar refractivity (Wildman–Crippen MR) is 109 cm³/mol. The topological polar surface area (TPSA) is 52.6 Å². The number of hydrogen-bond acceptors (Lipinski definition) is 4. The molecule has 0 aliphatic carbocycles. The highest BCUT2D eigenvalue weighted by Gasteiger charge is 2.10. The highest BCUT2D eigenvalue weighted by Crippen LogP contribution is 2.21. The van der Waals surface area contributed by atoms with Crippen molar-refractivity contribution in [1.82, 2.24) is 0 Å². The van der Waals surface area contributed by atoms with Crippen LogP contribution in [0, 0.1) is 5.82 Å². The summed E-state index contributed by atoms with van der Waals surface area (Å²) < 4.78 is 24.1. The average molecular weight is 411 g/mol. The summed E-state index contributed by atoms with van der Waals surface area (Å²) in [6.07, 6.45) is 2.57. The van der Waals surface area contributed by atoms with Crippen LogP contribution in [0.3, 0.4) is 0 Å². The zero-order valence-corrected chi connectivity index (χ0v) is 16.2. The van der Waals surface area contributed by atoms with Crippen molar-refractivity contribution in [2.45, 2.75) is 0 Å². The number of carbonyl (C=O) groups excluding carboxylic acids is 2. The lowest BCUT2D eigenvalue weighted by Gasteiger charge is -2.06. The Hall–Kier alpha value is -3.44. The molecule has 0 saturated heterocycles. The highest BCUT2D eigenvalue weighted by atomic mass is 35.5. The molecule has 3 aromatic carbocycles. The minimum atomic E-state index is -0.527. The Morgan fingerprint density at radius 2 is 1.52 bits per heavy atom.